The molecule has 0 aromatic carbocycles. The molecule has 0 radical (unpaired) electrons. The molecular weight excluding hydrogens is 368 g/mol. The molecule has 27 heavy (non-hydrogen) atoms. The third-order valence-corrected chi connectivity index (χ3v) is 6.17. The SMILES string of the molecule is COCC1CN(c2nc3c(c(N4CCOC(COC)C4)n2)SCC3)CCO1. The highest BCUT2D eigenvalue weighted by Crippen LogP contribution is 2.39. The Morgan fingerprint density at radius 3 is 2.37 bits per heavy atom. The maximum absolute atomic E-state index is 5.82. The molecule has 0 spiro atoms. The number of anilines is 2. The Kier molecular flexibility index (Phi) is 6.34. The number of hydrogen-bond donors (Lipinski definition) is 0. The first-order chi connectivity index (χ1) is 13.3. The minimum Gasteiger partial charge on any atom is -0.382 e. The van der Waals surface area contributed by atoms with Gasteiger partial charge >= 0.3 is 0 Å². The fourth-order valence-corrected chi connectivity index (χ4v) is 4.90. The number of aromatic nitrogens is 2. The lowest BCUT2D eigenvalue weighted by atomic mass is 10.2. The summed E-state index contributed by atoms with van der Waals surface area (Å²) in [5.74, 6) is 2.93. The molecule has 0 aliphatic carbocycles. The Hall–Kier alpha value is -1.13. The molecule has 0 N–H and O–H groups in total. The summed E-state index contributed by atoms with van der Waals surface area (Å²) in [5, 5.41) is 0. The van der Waals surface area contributed by atoms with E-state index in [9.17, 15) is 0 Å². The van der Waals surface area contributed by atoms with Crippen LogP contribution in [0.3, 0.4) is 0 Å². The molecule has 4 rings (SSSR count). The van der Waals surface area contributed by atoms with Crippen molar-refractivity contribution in [2.45, 2.75) is 23.5 Å². The summed E-state index contributed by atoms with van der Waals surface area (Å²) in [6.07, 6.45) is 1.15. The minimum absolute atomic E-state index is 0.0629. The monoisotopic (exact) mass is 396 g/mol. The average molecular weight is 397 g/mol. The molecule has 2 saturated heterocycles. The van der Waals surface area contributed by atoms with E-state index in [4.69, 9.17) is 28.9 Å². The molecule has 4 heterocycles. The van der Waals surface area contributed by atoms with Crippen molar-refractivity contribution in [2.24, 2.45) is 0 Å². The predicted octanol–water partition coefficient (Wildman–Crippen LogP) is 0.828. The van der Waals surface area contributed by atoms with Crippen molar-refractivity contribution in [3.63, 3.8) is 0 Å². The molecule has 3 aliphatic heterocycles. The zero-order chi connectivity index (χ0) is 18.6. The van der Waals surface area contributed by atoms with Gasteiger partial charge in [0, 0.05) is 52.6 Å². The summed E-state index contributed by atoms with van der Waals surface area (Å²) >= 11 is 1.86. The lowest BCUT2D eigenvalue weighted by Crippen LogP contribution is -2.46. The van der Waals surface area contributed by atoms with E-state index in [-0.39, 0.29) is 12.2 Å². The zero-order valence-corrected chi connectivity index (χ0v) is 16.9. The Balaban J connectivity index is 1.58. The number of nitrogens with zero attached hydrogens (tertiary/aromatic N) is 4. The second-order valence-corrected chi connectivity index (χ2v) is 8.11. The van der Waals surface area contributed by atoms with E-state index in [0.29, 0.717) is 26.4 Å². The van der Waals surface area contributed by atoms with Crippen LogP contribution in [0.4, 0.5) is 11.8 Å². The van der Waals surface area contributed by atoms with Crippen molar-refractivity contribution in [2.75, 3.05) is 82.4 Å². The number of ether oxygens (including phenoxy) is 4. The minimum atomic E-state index is 0.0629. The molecular formula is C18H28N4O4S. The number of thioether (sulfide) groups is 1. The van der Waals surface area contributed by atoms with Gasteiger partial charge in [-0.15, -0.1) is 11.8 Å². The molecule has 0 bridgehead atoms. The molecule has 2 fully saturated rings. The van der Waals surface area contributed by atoms with Crippen LogP contribution in [0.2, 0.25) is 0 Å². The van der Waals surface area contributed by atoms with Gasteiger partial charge in [0.25, 0.3) is 0 Å². The summed E-state index contributed by atoms with van der Waals surface area (Å²) in [5.41, 5.74) is 1.17. The van der Waals surface area contributed by atoms with Gasteiger partial charge in [-0.3, -0.25) is 0 Å². The smallest absolute Gasteiger partial charge is 0.227 e. The van der Waals surface area contributed by atoms with Crippen LogP contribution in [0.15, 0.2) is 4.90 Å². The topological polar surface area (TPSA) is 69.2 Å². The van der Waals surface area contributed by atoms with E-state index < -0.39 is 0 Å². The number of morpholine rings is 2. The van der Waals surface area contributed by atoms with Crippen molar-refractivity contribution in [3.05, 3.63) is 5.69 Å². The number of fused-ring (bicyclic) bond motifs is 1. The Labute approximate surface area is 164 Å². The van der Waals surface area contributed by atoms with E-state index >= 15 is 0 Å². The summed E-state index contributed by atoms with van der Waals surface area (Å²) in [7, 11) is 3.42. The van der Waals surface area contributed by atoms with Crippen LogP contribution in [-0.2, 0) is 25.4 Å². The zero-order valence-electron chi connectivity index (χ0n) is 16.1. The molecule has 3 aliphatic rings. The maximum Gasteiger partial charge on any atom is 0.227 e. The van der Waals surface area contributed by atoms with E-state index in [1.165, 1.54) is 10.6 Å². The van der Waals surface area contributed by atoms with E-state index in [1.54, 1.807) is 14.2 Å². The summed E-state index contributed by atoms with van der Waals surface area (Å²) in [4.78, 5) is 15.7. The third kappa shape index (κ3) is 4.32. The Morgan fingerprint density at radius 1 is 1.00 bits per heavy atom. The highest BCUT2D eigenvalue weighted by atomic mass is 32.2. The van der Waals surface area contributed by atoms with Crippen molar-refractivity contribution < 1.29 is 18.9 Å². The van der Waals surface area contributed by atoms with Crippen molar-refractivity contribution in [1.82, 2.24) is 9.97 Å². The average Bonchev–Trinajstić information content (AvgIpc) is 3.17. The fraction of sp³-hybridized carbons (Fsp3) is 0.778. The molecule has 150 valence electrons. The first-order valence-electron chi connectivity index (χ1n) is 9.53. The standard InChI is InChI=1S/C18H28N4O4S/c1-23-11-13-9-21(4-6-25-13)17-16-15(3-8-27-16)19-18(20-17)22-5-7-26-14(10-22)12-24-2/h13-14H,3-12H2,1-2H3. The van der Waals surface area contributed by atoms with Gasteiger partial charge in [-0.05, 0) is 0 Å². The number of methoxy groups -OCH3 is 2. The number of aryl methyl sites for hydroxylation is 1. The van der Waals surface area contributed by atoms with E-state index in [2.05, 4.69) is 9.80 Å². The Morgan fingerprint density at radius 2 is 1.67 bits per heavy atom. The predicted molar refractivity (Wildman–Crippen MR) is 104 cm³/mol. The normalized spacial score (nSPS) is 25.7. The van der Waals surface area contributed by atoms with Gasteiger partial charge in [0.1, 0.15) is 5.82 Å². The van der Waals surface area contributed by atoms with Crippen LogP contribution in [0.1, 0.15) is 5.69 Å². The molecule has 0 saturated carbocycles. The quantitative estimate of drug-likeness (QED) is 0.695. The molecule has 1 aromatic heterocycles. The lowest BCUT2D eigenvalue weighted by Gasteiger charge is -2.36. The van der Waals surface area contributed by atoms with E-state index in [1.807, 2.05) is 11.8 Å². The van der Waals surface area contributed by atoms with Crippen LogP contribution in [-0.4, -0.2) is 94.8 Å². The van der Waals surface area contributed by atoms with Crippen molar-refractivity contribution in [3.8, 4) is 0 Å². The third-order valence-electron chi connectivity index (χ3n) is 5.06. The second-order valence-electron chi connectivity index (χ2n) is 7.01. The molecule has 2 atom stereocenters. The number of hydrogen-bond acceptors (Lipinski definition) is 9. The van der Waals surface area contributed by atoms with Gasteiger partial charge in [-0.25, -0.2) is 4.98 Å². The summed E-state index contributed by atoms with van der Waals surface area (Å²) in [6, 6.07) is 0. The molecule has 1 aromatic rings. The van der Waals surface area contributed by atoms with Crippen LogP contribution in [0.25, 0.3) is 0 Å². The van der Waals surface area contributed by atoms with E-state index in [0.717, 1.165) is 50.1 Å². The van der Waals surface area contributed by atoms with Crippen molar-refractivity contribution >= 4 is 23.5 Å². The Bertz CT molecular complexity index is 646. The van der Waals surface area contributed by atoms with Gasteiger partial charge < -0.3 is 28.7 Å². The second kappa shape index (κ2) is 8.91. The lowest BCUT2D eigenvalue weighted by molar-refractivity contribution is -0.0109. The maximum atomic E-state index is 5.82. The van der Waals surface area contributed by atoms with Gasteiger partial charge in [-0.1, -0.05) is 0 Å². The first kappa shape index (κ1) is 19.2. The number of rotatable bonds is 6. The van der Waals surface area contributed by atoms with Crippen LogP contribution in [0, 0.1) is 0 Å². The highest BCUT2D eigenvalue weighted by Gasteiger charge is 2.30. The molecule has 8 nitrogen and oxygen atoms in total. The van der Waals surface area contributed by atoms with Gasteiger partial charge in [0.2, 0.25) is 5.95 Å². The largest absolute Gasteiger partial charge is 0.382 e. The van der Waals surface area contributed by atoms with Crippen LogP contribution in [0.5, 0.6) is 0 Å². The molecule has 0 amide bonds. The summed E-state index contributed by atoms with van der Waals surface area (Å²) in [6.45, 7) is 5.77. The van der Waals surface area contributed by atoms with Crippen LogP contribution >= 0.6 is 11.8 Å². The van der Waals surface area contributed by atoms with Crippen LogP contribution < -0.4 is 9.80 Å². The fourth-order valence-electron chi connectivity index (χ4n) is 3.78. The molecule has 2 unspecified atom stereocenters. The van der Waals surface area contributed by atoms with Gasteiger partial charge in [0.15, 0.2) is 0 Å². The molecule has 9 heteroatoms. The first-order valence-corrected chi connectivity index (χ1v) is 10.5. The van der Waals surface area contributed by atoms with Crippen molar-refractivity contribution in [1.29, 1.82) is 0 Å². The highest BCUT2D eigenvalue weighted by molar-refractivity contribution is 7.99. The van der Waals surface area contributed by atoms with Gasteiger partial charge in [0.05, 0.1) is 49.2 Å². The summed E-state index contributed by atoms with van der Waals surface area (Å²) < 4.78 is 22.2. The van der Waals surface area contributed by atoms with Gasteiger partial charge in [-0.2, -0.15) is 4.98 Å².